The first kappa shape index (κ1) is 16.5. The summed E-state index contributed by atoms with van der Waals surface area (Å²) in [5, 5.41) is 14.8. The molecule has 0 unspecified atom stereocenters. The molecular weight excluding hydrogens is 308 g/mol. The number of piperazine rings is 1. The van der Waals surface area contributed by atoms with Crippen molar-refractivity contribution in [3.05, 3.63) is 28.2 Å². The number of rotatable bonds is 6. The van der Waals surface area contributed by atoms with E-state index in [0.717, 1.165) is 12.4 Å². The Balaban J connectivity index is 1.78. The van der Waals surface area contributed by atoms with E-state index >= 15 is 0 Å². The lowest BCUT2D eigenvalue weighted by atomic mass is 10.0. The van der Waals surface area contributed by atoms with E-state index < -0.39 is 0 Å². The molecule has 23 heavy (non-hydrogen) atoms. The summed E-state index contributed by atoms with van der Waals surface area (Å²) in [5.41, 5.74) is 0. The Morgan fingerprint density at radius 2 is 2.04 bits per heavy atom. The van der Waals surface area contributed by atoms with E-state index in [1.807, 2.05) is 4.68 Å². The first-order valence-electron chi connectivity index (χ1n) is 8.65. The third-order valence-electron chi connectivity index (χ3n) is 4.93. The number of likely N-dealkylation sites (N-methyl/N-ethyl adjacent to an activating group) is 1. The van der Waals surface area contributed by atoms with Crippen molar-refractivity contribution in [3.63, 3.8) is 0 Å². The number of hydrogen-bond donors (Lipinski definition) is 2. The Morgan fingerprint density at radius 1 is 1.26 bits per heavy atom. The molecule has 6 nitrogen and oxygen atoms in total. The number of quaternary nitrogens is 2. The zero-order chi connectivity index (χ0) is 16.2. The van der Waals surface area contributed by atoms with Crippen LogP contribution in [-0.2, 0) is 6.54 Å². The molecule has 0 aliphatic carbocycles. The molecule has 0 saturated carbocycles. The number of aromatic nitrogens is 4. The van der Waals surface area contributed by atoms with Gasteiger partial charge in [-0.15, -0.1) is 16.4 Å². The minimum absolute atomic E-state index is 0.378. The summed E-state index contributed by atoms with van der Waals surface area (Å²) >= 11 is 1.76. The van der Waals surface area contributed by atoms with Crippen LogP contribution in [0.4, 0.5) is 0 Å². The van der Waals surface area contributed by atoms with Gasteiger partial charge in [0.15, 0.2) is 6.04 Å². The molecule has 1 atom stereocenters. The maximum Gasteiger partial charge on any atom is 0.209 e. The molecule has 3 heterocycles. The predicted octanol–water partition coefficient (Wildman–Crippen LogP) is -0.717. The van der Waals surface area contributed by atoms with Crippen LogP contribution >= 0.6 is 11.3 Å². The Bertz CT molecular complexity index is 585. The molecule has 2 N–H and O–H groups in total. The van der Waals surface area contributed by atoms with Crippen molar-refractivity contribution in [2.24, 2.45) is 5.92 Å². The molecule has 1 fully saturated rings. The molecule has 2 aromatic rings. The van der Waals surface area contributed by atoms with E-state index in [1.165, 1.54) is 37.6 Å². The third-order valence-corrected chi connectivity index (χ3v) is 5.79. The van der Waals surface area contributed by atoms with Gasteiger partial charge in [0.25, 0.3) is 0 Å². The van der Waals surface area contributed by atoms with E-state index in [0.29, 0.717) is 12.0 Å². The molecule has 2 aromatic heterocycles. The molecule has 1 saturated heterocycles. The highest BCUT2D eigenvalue weighted by atomic mass is 32.1. The van der Waals surface area contributed by atoms with Crippen LogP contribution in [-0.4, -0.2) is 52.9 Å². The topological polar surface area (TPSA) is 52.5 Å². The predicted molar refractivity (Wildman–Crippen MR) is 90.8 cm³/mol. The van der Waals surface area contributed by atoms with Gasteiger partial charge < -0.3 is 9.80 Å². The van der Waals surface area contributed by atoms with Crippen molar-refractivity contribution in [1.82, 2.24) is 20.2 Å². The summed E-state index contributed by atoms with van der Waals surface area (Å²) in [6.45, 7) is 13.8. The fraction of sp³-hybridized carbons (Fsp3) is 0.688. The van der Waals surface area contributed by atoms with Crippen molar-refractivity contribution < 1.29 is 9.80 Å². The van der Waals surface area contributed by atoms with Crippen molar-refractivity contribution in [2.75, 3.05) is 32.7 Å². The van der Waals surface area contributed by atoms with Crippen LogP contribution < -0.4 is 9.80 Å². The number of tetrazole rings is 1. The summed E-state index contributed by atoms with van der Waals surface area (Å²) < 4.78 is 2.00. The molecule has 0 amide bonds. The number of nitrogens with zero attached hydrogens (tertiary/aromatic N) is 4. The van der Waals surface area contributed by atoms with Crippen molar-refractivity contribution >= 4 is 11.3 Å². The zero-order valence-electron chi connectivity index (χ0n) is 14.3. The number of hydrogen-bond acceptors (Lipinski definition) is 4. The largest absolute Gasteiger partial charge is 0.326 e. The summed E-state index contributed by atoms with van der Waals surface area (Å²) in [5.74, 6) is 1.57. The lowest BCUT2D eigenvalue weighted by Crippen LogP contribution is -3.28. The second kappa shape index (κ2) is 7.51. The van der Waals surface area contributed by atoms with Crippen molar-refractivity contribution in [1.29, 1.82) is 0 Å². The highest BCUT2D eigenvalue weighted by molar-refractivity contribution is 7.09. The molecule has 1 aliphatic rings. The molecule has 1 aliphatic heterocycles. The highest BCUT2D eigenvalue weighted by Gasteiger charge is 2.35. The first-order chi connectivity index (χ1) is 11.2. The van der Waals surface area contributed by atoms with E-state index in [1.54, 1.807) is 21.1 Å². The smallest absolute Gasteiger partial charge is 0.209 e. The molecule has 0 radical (unpaired) electrons. The molecule has 0 bridgehead atoms. The quantitative estimate of drug-likeness (QED) is 0.732. The maximum atomic E-state index is 4.41. The van der Waals surface area contributed by atoms with E-state index in [2.05, 4.69) is 53.8 Å². The monoisotopic (exact) mass is 336 g/mol. The lowest BCUT2D eigenvalue weighted by molar-refractivity contribution is -1.03. The van der Waals surface area contributed by atoms with Crippen LogP contribution in [0.25, 0.3) is 0 Å². The average Bonchev–Trinajstić information content (AvgIpc) is 3.21. The van der Waals surface area contributed by atoms with Crippen molar-refractivity contribution in [2.45, 2.75) is 33.4 Å². The number of nitrogens with one attached hydrogen (secondary N) is 2. The molecular formula is C16H28N6S+2. The van der Waals surface area contributed by atoms with Gasteiger partial charge in [0.1, 0.15) is 26.2 Å². The number of thiophene rings is 1. The zero-order valence-corrected chi connectivity index (χ0v) is 15.1. The van der Waals surface area contributed by atoms with Gasteiger partial charge in [-0.1, -0.05) is 19.9 Å². The van der Waals surface area contributed by atoms with Gasteiger partial charge in [0.2, 0.25) is 5.82 Å². The Kier molecular flexibility index (Phi) is 5.40. The average molecular weight is 337 g/mol. The highest BCUT2D eigenvalue weighted by Crippen LogP contribution is 2.18. The standard InChI is InChI=1S/C16H26N6S/c1-4-20-7-9-21(10-8-20)15(13(2)3)16-17-18-19-22(16)12-14-6-5-11-23-14/h5-6,11,13,15H,4,7-10,12H2,1-3H3/p+2/t15-/m0/s1. The molecule has 7 heteroatoms. The SMILES string of the molecule is CC[NH+]1CC[NH+]([C@H](c2nnnn2Cc2cccs2)C(C)C)CC1. The summed E-state index contributed by atoms with van der Waals surface area (Å²) in [4.78, 5) is 4.66. The van der Waals surface area contributed by atoms with Gasteiger partial charge in [-0.25, -0.2) is 4.68 Å². The first-order valence-corrected chi connectivity index (χ1v) is 9.53. The summed E-state index contributed by atoms with van der Waals surface area (Å²) in [7, 11) is 0. The van der Waals surface area contributed by atoms with Gasteiger partial charge in [-0.05, 0) is 28.8 Å². The van der Waals surface area contributed by atoms with Crippen LogP contribution in [0, 0.1) is 5.92 Å². The van der Waals surface area contributed by atoms with Crippen LogP contribution in [0.15, 0.2) is 17.5 Å². The van der Waals surface area contributed by atoms with Crippen LogP contribution in [0.1, 0.15) is 37.5 Å². The Labute approximate surface area is 142 Å². The van der Waals surface area contributed by atoms with E-state index in [9.17, 15) is 0 Å². The van der Waals surface area contributed by atoms with E-state index in [4.69, 9.17) is 0 Å². The van der Waals surface area contributed by atoms with Crippen LogP contribution in [0.3, 0.4) is 0 Å². The van der Waals surface area contributed by atoms with Gasteiger partial charge in [0, 0.05) is 10.8 Å². The van der Waals surface area contributed by atoms with Crippen LogP contribution in [0.5, 0.6) is 0 Å². The lowest BCUT2D eigenvalue weighted by Gasteiger charge is -2.35. The van der Waals surface area contributed by atoms with Crippen molar-refractivity contribution in [3.8, 4) is 0 Å². The third kappa shape index (κ3) is 3.79. The van der Waals surface area contributed by atoms with Gasteiger partial charge in [-0.2, -0.15) is 0 Å². The minimum Gasteiger partial charge on any atom is -0.326 e. The Morgan fingerprint density at radius 3 is 2.65 bits per heavy atom. The molecule has 3 rings (SSSR count). The summed E-state index contributed by atoms with van der Waals surface area (Å²) in [6.07, 6.45) is 0. The minimum atomic E-state index is 0.378. The Hall–Kier alpha value is -1.31. The normalized spacial score (nSPS) is 23.3. The van der Waals surface area contributed by atoms with Gasteiger partial charge in [0.05, 0.1) is 13.1 Å². The van der Waals surface area contributed by atoms with Gasteiger partial charge >= 0.3 is 0 Å². The molecule has 0 aromatic carbocycles. The summed E-state index contributed by atoms with van der Waals surface area (Å²) in [6, 6.07) is 4.61. The fourth-order valence-electron chi connectivity index (χ4n) is 3.64. The van der Waals surface area contributed by atoms with Gasteiger partial charge in [-0.3, -0.25) is 0 Å². The molecule has 126 valence electrons. The van der Waals surface area contributed by atoms with Crippen LogP contribution in [0.2, 0.25) is 0 Å². The fourth-order valence-corrected chi connectivity index (χ4v) is 4.32. The molecule has 0 spiro atoms. The second-order valence-electron chi connectivity index (χ2n) is 6.76. The maximum absolute atomic E-state index is 4.41. The second-order valence-corrected chi connectivity index (χ2v) is 7.79. The van der Waals surface area contributed by atoms with E-state index in [-0.39, 0.29) is 0 Å².